The van der Waals surface area contributed by atoms with E-state index >= 15 is 0 Å². The Morgan fingerprint density at radius 1 is 1.24 bits per heavy atom. The first-order valence-corrected chi connectivity index (χ1v) is 7.88. The van der Waals surface area contributed by atoms with E-state index in [4.69, 9.17) is 11.0 Å². The summed E-state index contributed by atoms with van der Waals surface area (Å²) in [6.07, 6.45) is 0. The first-order valence-electron chi connectivity index (χ1n) is 5.61. The number of rotatable bonds is 3. The van der Waals surface area contributed by atoms with Crippen LogP contribution in [0, 0.1) is 17.1 Å². The van der Waals surface area contributed by atoms with Crippen LogP contribution < -0.4 is 10.5 Å². The molecular weight excluding hydrogens is 361 g/mol. The number of hydrogen-bond acceptors (Lipinski definition) is 4. The molecule has 2 aromatic carbocycles. The lowest BCUT2D eigenvalue weighted by Crippen LogP contribution is -2.14. The van der Waals surface area contributed by atoms with Gasteiger partial charge in [0, 0.05) is 10.2 Å². The summed E-state index contributed by atoms with van der Waals surface area (Å²) in [6.45, 7) is 0. The average Bonchev–Trinajstić information content (AvgIpc) is 2.40. The number of nitriles is 1. The van der Waals surface area contributed by atoms with Crippen molar-refractivity contribution in [2.45, 2.75) is 4.90 Å². The van der Waals surface area contributed by atoms with E-state index in [9.17, 15) is 12.8 Å². The van der Waals surface area contributed by atoms with Crippen LogP contribution in [0.4, 0.5) is 15.8 Å². The second-order valence-electron chi connectivity index (χ2n) is 4.10. The molecule has 0 aliphatic rings. The molecule has 21 heavy (non-hydrogen) atoms. The molecule has 0 aromatic heterocycles. The molecule has 3 N–H and O–H groups in total. The molecule has 0 amide bonds. The molecule has 0 unspecified atom stereocenters. The predicted molar refractivity (Wildman–Crippen MR) is 80.5 cm³/mol. The Morgan fingerprint density at radius 2 is 1.95 bits per heavy atom. The Morgan fingerprint density at radius 3 is 2.52 bits per heavy atom. The van der Waals surface area contributed by atoms with Crippen LogP contribution in [0.5, 0.6) is 0 Å². The monoisotopic (exact) mass is 369 g/mol. The van der Waals surface area contributed by atoms with Gasteiger partial charge in [0.25, 0.3) is 10.0 Å². The van der Waals surface area contributed by atoms with Crippen LogP contribution in [-0.4, -0.2) is 8.42 Å². The summed E-state index contributed by atoms with van der Waals surface area (Å²) < 4.78 is 40.6. The van der Waals surface area contributed by atoms with E-state index in [0.717, 1.165) is 6.07 Å². The number of nitrogen functional groups attached to an aromatic ring is 1. The van der Waals surface area contributed by atoms with E-state index in [2.05, 4.69) is 20.7 Å². The minimum Gasteiger partial charge on any atom is -0.399 e. The summed E-state index contributed by atoms with van der Waals surface area (Å²) in [7, 11) is -3.98. The zero-order chi connectivity index (χ0) is 15.6. The molecule has 0 saturated carbocycles. The molecule has 0 radical (unpaired) electrons. The fraction of sp³-hybridized carbons (Fsp3) is 0. The van der Waals surface area contributed by atoms with Crippen molar-refractivity contribution in [2.24, 2.45) is 0 Å². The third-order valence-corrected chi connectivity index (χ3v) is 4.93. The smallest absolute Gasteiger partial charge is 0.263 e. The van der Waals surface area contributed by atoms with E-state index < -0.39 is 15.8 Å². The van der Waals surface area contributed by atoms with Crippen molar-refractivity contribution in [3.63, 3.8) is 0 Å². The highest BCUT2D eigenvalue weighted by molar-refractivity contribution is 9.10. The zero-order valence-electron chi connectivity index (χ0n) is 10.5. The topological polar surface area (TPSA) is 96.0 Å². The molecular formula is C13H9BrFN3O2S. The Bertz CT molecular complexity index is 847. The third-order valence-electron chi connectivity index (χ3n) is 2.59. The van der Waals surface area contributed by atoms with Gasteiger partial charge in [0.2, 0.25) is 0 Å². The van der Waals surface area contributed by atoms with Crippen molar-refractivity contribution >= 4 is 37.3 Å². The number of nitrogens with zero attached hydrogens (tertiary/aromatic N) is 1. The first kappa shape index (κ1) is 15.3. The summed E-state index contributed by atoms with van der Waals surface area (Å²) in [6, 6.07) is 9.40. The number of sulfonamides is 1. The molecule has 0 bridgehead atoms. The molecule has 8 heteroatoms. The van der Waals surface area contributed by atoms with Crippen LogP contribution in [0.1, 0.15) is 5.56 Å². The van der Waals surface area contributed by atoms with Crippen LogP contribution in [0.15, 0.2) is 45.8 Å². The molecule has 0 saturated heterocycles. The van der Waals surface area contributed by atoms with Crippen molar-refractivity contribution in [1.29, 1.82) is 5.26 Å². The van der Waals surface area contributed by atoms with Crippen LogP contribution in [0.25, 0.3) is 0 Å². The number of anilines is 2. The lowest BCUT2D eigenvalue weighted by molar-refractivity contribution is 0.598. The molecule has 0 aliphatic heterocycles. The maximum Gasteiger partial charge on any atom is 0.263 e. The van der Waals surface area contributed by atoms with Gasteiger partial charge < -0.3 is 5.73 Å². The number of nitrogens with two attached hydrogens (primary N) is 1. The fourth-order valence-electron chi connectivity index (χ4n) is 1.60. The van der Waals surface area contributed by atoms with Gasteiger partial charge in [-0.2, -0.15) is 5.26 Å². The van der Waals surface area contributed by atoms with E-state index in [-0.39, 0.29) is 20.6 Å². The maximum atomic E-state index is 13.7. The highest BCUT2D eigenvalue weighted by Gasteiger charge is 2.19. The SMILES string of the molecule is N#Cc1ccc(NS(=O)(=O)c2ccc(N)cc2Br)c(F)c1. The van der Waals surface area contributed by atoms with Gasteiger partial charge in [-0.15, -0.1) is 0 Å². The second kappa shape index (κ2) is 5.71. The highest BCUT2D eigenvalue weighted by Crippen LogP contribution is 2.27. The van der Waals surface area contributed by atoms with Gasteiger partial charge >= 0.3 is 0 Å². The predicted octanol–water partition coefficient (Wildman–Crippen LogP) is 2.84. The number of halogens is 2. The Balaban J connectivity index is 2.40. The molecule has 5 nitrogen and oxygen atoms in total. The van der Waals surface area contributed by atoms with Gasteiger partial charge in [-0.3, -0.25) is 4.72 Å². The van der Waals surface area contributed by atoms with Crippen molar-refractivity contribution in [3.05, 3.63) is 52.3 Å². The molecule has 108 valence electrons. The van der Waals surface area contributed by atoms with Gasteiger partial charge in [-0.25, -0.2) is 12.8 Å². The van der Waals surface area contributed by atoms with Crippen molar-refractivity contribution in [3.8, 4) is 6.07 Å². The van der Waals surface area contributed by atoms with Gasteiger partial charge in [0.15, 0.2) is 0 Å². The minimum atomic E-state index is -3.98. The van der Waals surface area contributed by atoms with Crippen LogP contribution >= 0.6 is 15.9 Å². The Labute approximate surface area is 129 Å². The lowest BCUT2D eigenvalue weighted by atomic mass is 10.2. The average molecular weight is 370 g/mol. The first-order chi connectivity index (χ1) is 9.83. The highest BCUT2D eigenvalue weighted by atomic mass is 79.9. The van der Waals surface area contributed by atoms with Crippen LogP contribution in [0.2, 0.25) is 0 Å². The number of benzene rings is 2. The summed E-state index contributed by atoms with van der Waals surface area (Å²) in [5.41, 5.74) is 5.80. The Kier molecular flexibility index (Phi) is 4.16. The lowest BCUT2D eigenvalue weighted by Gasteiger charge is -2.11. The van der Waals surface area contributed by atoms with Crippen LogP contribution in [0.3, 0.4) is 0 Å². The Hall–Kier alpha value is -2.11. The molecule has 0 heterocycles. The second-order valence-corrected chi connectivity index (χ2v) is 6.61. The summed E-state index contributed by atoms with van der Waals surface area (Å²) in [5.74, 6) is -0.829. The van der Waals surface area contributed by atoms with Crippen molar-refractivity contribution in [1.82, 2.24) is 0 Å². The standard InChI is InChI=1S/C13H9BrFN3O2S/c14-10-6-9(17)2-4-13(10)21(19,20)18-12-3-1-8(7-16)5-11(12)15/h1-6,18H,17H2. The van der Waals surface area contributed by atoms with Gasteiger partial charge in [0.1, 0.15) is 10.7 Å². The quantitative estimate of drug-likeness (QED) is 0.812. The maximum absolute atomic E-state index is 13.7. The van der Waals surface area contributed by atoms with E-state index in [0.29, 0.717) is 5.69 Å². The normalized spacial score (nSPS) is 10.9. The van der Waals surface area contributed by atoms with Gasteiger partial charge in [-0.1, -0.05) is 0 Å². The van der Waals surface area contributed by atoms with Crippen LogP contribution in [-0.2, 0) is 10.0 Å². The number of nitrogens with one attached hydrogen (secondary N) is 1. The van der Waals surface area contributed by atoms with Crippen molar-refractivity contribution < 1.29 is 12.8 Å². The molecule has 0 aliphatic carbocycles. The molecule has 2 aromatic rings. The third kappa shape index (κ3) is 3.32. The summed E-state index contributed by atoms with van der Waals surface area (Å²) in [5, 5.41) is 8.65. The fourth-order valence-corrected chi connectivity index (χ4v) is 3.77. The zero-order valence-corrected chi connectivity index (χ0v) is 12.9. The van der Waals surface area contributed by atoms with Gasteiger partial charge in [0.05, 0.1) is 17.3 Å². The molecule has 0 spiro atoms. The molecule has 0 fully saturated rings. The summed E-state index contributed by atoms with van der Waals surface area (Å²) >= 11 is 3.10. The molecule has 0 atom stereocenters. The van der Waals surface area contributed by atoms with E-state index in [1.807, 2.05) is 0 Å². The number of hydrogen-bond donors (Lipinski definition) is 2. The molecule has 2 rings (SSSR count). The van der Waals surface area contributed by atoms with Crippen molar-refractivity contribution in [2.75, 3.05) is 10.5 Å². The summed E-state index contributed by atoms with van der Waals surface area (Å²) in [4.78, 5) is -0.0690. The van der Waals surface area contributed by atoms with Gasteiger partial charge in [-0.05, 0) is 52.3 Å². The van der Waals surface area contributed by atoms with E-state index in [1.54, 1.807) is 6.07 Å². The van der Waals surface area contributed by atoms with E-state index in [1.165, 1.54) is 30.3 Å². The largest absolute Gasteiger partial charge is 0.399 e. The minimum absolute atomic E-state index is 0.0690.